The summed E-state index contributed by atoms with van der Waals surface area (Å²) in [6.07, 6.45) is 5.01. The van der Waals surface area contributed by atoms with Gasteiger partial charge in [-0.15, -0.1) is 0 Å². The second-order valence-corrected chi connectivity index (χ2v) is 4.46. The first-order valence-electron chi connectivity index (χ1n) is 5.95. The quantitative estimate of drug-likeness (QED) is 0.800. The summed E-state index contributed by atoms with van der Waals surface area (Å²) in [5.74, 6) is 1.57. The molecule has 16 heavy (non-hydrogen) atoms. The Morgan fingerprint density at radius 1 is 1.31 bits per heavy atom. The molecule has 1 unspecified atom stereocenters. The fourth-order valence-corrected chi connectivity index (χ4v) is 2.32. The van der Waals surface area contributed by atoms with Gasteiger partial charge < -0.3 is 4.74 Å². The van der Waals surface area contributed by atoms with Gasteiger partial charge in [-0.3, -0.25) is 4.79 Å². The van der Waals surface area contributed by atoms with Crippen LogP contribution in [0, 0.1) is 5.92 Å². The molecule has 86 valence electrons. The number of hydrogen-bond donors (Lipinski definition) is 0. The lowest BCUT2D eigenvalue weighted by Crippen LogP contribution is -2.20. The van der Waals surface area contributed by atoms with E-state index in [1.54, 1.807) is 7.11 Å². The van der Waals surface area contributed by atoms with E-state index in [0.29, 0.717) is 5.78 Å². The zero-order valence-corrected chi connectivity index (χ0v) is 9.74. The molecule has 1 atom stereocenters. The van der Waals surface area contributed by atoms with Gasteiger partial charge in [0, 0.05) is 12.3 Å². The van der Waals surface area contributed by atoms with E-state index in [9.17, 15) is 4.79 Å². The van der Waals surface area contributed by atoms with E-state index in [-0.39, 0.29) is 5.92 Å². The number of ketones is 1. The monoisotopic (exact) mass is 232 g/mol. The lowest BCUT2D eigenvalue weighted by atomic mass is 9.95. The van der Waals surface area contributed by atoms with Crippen LogP contribution in [0.25, 0.3) is 0 Å². The van der Waals surface area contributed by atoms with Crippen LogP contribution in [0.2, 0.25) is 0 Å². The fraction of sp³-hybridized carbons (Fsp3) is 0.500. The Morgan fingerprint density at radius 3 is 2.69 bits per heavy atom. The molecule has 0 bridgehead atoms. The van der Waals surface area contributed by atoms with Crippen LogP contribution in [0.3, 0.4) is 0 Å². The Morgan fingerprint density at radius 2 is 2.06 bits per heavy atom. The van der Waals surface area contributed by atoms with Gasteiger partial charge in [-0.25, -0.2) is 0 Å². The molecule has 1 aliphatic carbocycles. The molecule has 0 radical (unpaired) electrons. The second-order valence-electron chi connectivity index (χ2n) is 4.46. The molecule has 1 aromatic carbocycles. The van der Waals surface area contributed by atoms with E-state index in [1.165, 1.54) is 12.0 Å². The van der Waals surface area contributed by atoms with Crippen LogP contribution in [0.5, 0.6) is 5.75 Å². The smallest absolute Gasteiger partial charge is 0.136 e. The maximum absolute atomic E-state index is 11.7. The lowest BCUT2D eigenvalue weighted by molar-refractivity contribution is -0.124. The van der Waals surface area contributed by atoms with Crippen molar-refractivity contribution >= 4 is 5.78 Å². The minimum absolute atomic E-state index is 0.252. The van der Waals surface area contributed by atoms with E-state index >= 15 is 0 Å². The number of carbonyl (C=O) groups excluding carboxylic acids is 1. The second kappa shape index (κ2) is 5.15. The van der Waals surface area contributed by atoms with Crippen molar-refractivity contribution in [2.24, 2.45) is 5.92 Å². The van der Waals surface area contributed by atoms with Crippen molar-refractivity contribution in [2.75, 3.05) is 7.11 Å². The molecular weight excluding hydrogens is 214 g/mol. The first-order chi connectivity index (χ1) is 7.79. The molecule has 1 aliphatic rings. The maximum Gasteiger partial charge on any atom is 0.136 e. The van der Waals surface area contributed by atoms with Gasteiger partial charge >= 0.3 is 0 Å². The summed E-state index contributed by atoms with van der Waals surface area (Å²) in [5, 5.41) is 0. The zero-order valence-electron chi connectivity index (χ0n) is 9.74. The highest BCUT2D eigenvalue weighted by atomic mass is 16.7. The first kappa shape index (κ1) is 11.2. The minimum Gasteiger partial charge on any atom is -0.497 e. The highest BCUT2D eigenvalue weighted by molar-refractivity contribution is 5.81. The molecular formula is C14H18O2. The van der Waals surface area contributed by atoms with Crippen molar-refractivity contribution in [1.82, 2.24) is 0 Å². The van der Waals surface area contributed by atoms with E-state index < -0.39 is 0 Å². The highest BCUT2D eigenvalue weighted by Gasteiger charge is 2.21. The van der Waals surface area contributed by atoms with Crippen LogP contribution >= 0.6 is 0 Å². The number of benzene rings is 1. The van der Waals surface area contributed by atoms with Crippen LogP contribution in [-0.4, -0.2) is 12.9 Å². The molecule has 0 saturated heterocycles. The van der Waals surface area contributed by atoms with Crippen molar-refractivity contribution < 1.29 is 9.53 Å². The van der Waals surface area contributed by atoms with Crippen LogP contribution < -0.4 is 4.74 Å². The van der Waals surface area contributed by atoms with Crippen molar-refractivity contribution in [3.05, 3.63) is 29.8 Å². The third-order valence-electron chi connectivity index (χ3n) is 3.32. The van der Waals surface area contributed by atoms with Crippen LogP contribution in [0.4, 0.5) is 0 Å². The van der Waals surface area contributed by atoms with Crippen LogP contribution in [0.1, 0.15) is 31.2 Å². The number of hydrogen-bond acceptors (Lipinski definition) is 2. The van der Waals surface area contributed by atoms with E-state index in [1.807, 2.05) is 12.1 Å². The Kier molecular flexibility index (Phi) is 3.60. The third-order valence-corrected chi connectivity index (χ3v) is 3.32. The van der Waals surface area contributed by atoms with Crippen molar-refractivity contribution in [1.29, 1.82) is 0 Å². The van der Waals surface area contributed by atoms with Crippen LogP contribution in [-0.2, 0) is 11.2 Å². The van der Waals surface area contributed by atoms with Gasteiger partial charge in [-0.2, -0.15) is 0 Å². The molecule has 0 N–H and O–H groups in total. The summed E-state index contributed by atoms with van der Waals surface area (Å²) in [7, 11) is 1.67. The largest absolute Gasteiger partial charge is 0.497 e. The van der Waals surface area contributed by atoms with E-state index in [2.05, 4.69) is 12.1 Å². The molecule has 2 rings (SSSR count). The van der Waals surface area contributed by atoms with Gasteiger partial charge in [0.25, 0.3) is 0 Å². The van der Waals surface area contributed by atoms with Gasteiger partial charge in [0.2, 0.25) is 0 Å². The Balaban J connectivity index is 1.99. The van der Waals surface area contributed by atoms with E-state index in [4.69, 9.17) is 4.74 Å². The van der Waals surface area contributed by atoms with Crippen molar-refractivity contribution in [3.63, 3.8) is 0 Å². The summed E-state index contributed by atoms with van der Waals surface area (Å²) in [6.45, 7) is 0. The summed E-state index contributed by atoms with van der Waals surface area (Å²) in [5.41, 5.74) is 1.24. The van der Waals surface area contributed by atoms with Gasteiger partial charge in [0.15, 0.2) is 0 Å². The number of carbonyl (C=O) groups is 1. The average molecular weight is 232 g/mol. The molecule has 1 saturated carbocycles. The predicted octanol–water partition coefficient (Wildman–Crippen LogP) is 3.00. The van der Waals surface area contributed by atoms with Crippen LogP contribution in [0.15, 0.2) is 24.3 Å². The molecule has 0 amide bonds. The van der Waals surface area contributed by atoms with Crippen molar-refractivity contribution in [3.8, 4) is 5.75 Å². The number of ether oxygens (including phenoxy) is 1. The topological polar surface area (TPSA) is 26.3 Å². The number of rotatable bonds is 3. The SMILES string of the molecule is CO[14c]1[14cH][14cH][14c]([14CH2]C2CCCCC2=O)[14cH][14cH]1. The molecule has 0 aromatic heterocycles. The minimum atomic E-state index is 0.252. The number of methoxy groups -OCH3 is 1. The molecule has 1 aromatic rings. The maximum atomic E-state index is 11.7. The lowest BCUT2D eigenvalue weighted by Gasteiger charge is -2.20. The normalized spacial score (nSPS) is 20.8. The average Bonchev–Trinajstić information content (AvgIpc) is 2.33. The Labute approximate surface area is 96.6 Å². The first-order valence-corrected chi connectivity index (χ1v) is 5.95. The zero-order chi connectivity index (χ0) is 11.4. The molecule has 0 spiro atoms. The standard InChI is InChI=1S/C14H18O2/c1-16-13-8-6-11(7-9-13)10-12-4-2-3-5-14(12)15/h6-9,12H,2-5,10H2,1H3/i6+2,7+2,8+2,9+2,10+2,11+2,13+2. The summed E-state index contributed by atoms with van der Waals surface area (Å²) < 4.78 is 5.11. The Bertz CT molecular complexity index is 354. The fourth-order valence-electron chi connectivity index (χ4n) is 2.32. The van der Waals surface area contributed by atoms with Gasteiger partial charge in [-0.05, 0) is 37.0 Å². The molecule has 1 fully saturated rings. The van der Waals surface area contributed by atoms with Gasteiger partial charge in [0.1, 0.15) is 11.5 Å². The molecule has 2 nitrogen and oxygen atoms in total. The van der Waals surface area contributed by atoms with Gasteiger partial charge in [-0.1, -0.05) is 18.6 Å². The molecule has 0 aliphatic heterocycles. The Hall–Kier alpha value is -1.31. The highest BCUT2D eigenvalue weighted by Crippen LogP contribution is 2.24. The summed E-state index contributed by atoms with van der Waals surface area (Å²) in [4.78, 5) is 11.7. The third kappa shape index (κ3) is 2.63. The summed E-state index contributed by atoms with van der Waals surface area (Å²) in [6, 6.07) is 8.03. The predicted molar refractivity (Wildman–Crippen MR) is 63.7 cm³/mol. The summed E-state index contributed by atoms with van der Waals surface area (Å²) >= 11 is 0. The van der Waals surface area contributed by atoms with Gasteiger partial charge in [0.05, 0.1) is 7.11 Å². The number of Topliss-reactive ketones (excluding diaryl/α,β-unsaturated/α-hetero) is 1. The molecule has 0 heterocycles. The molecule has 2 heteroatoms. The van der Waals surface area contributed by atoms with E-state index in [0.717, 1.165) is 31.4 Å². The van der Waals surface area contributed by atoms with Crippen molar-refractivity contribution in [2.45, 2.75) is 32.1 Å².